The first-order chi connectivity index (χ1) is 11.2. The highest BCUT2D eigenvalue weighted by Crippen LogP contribution is 2.30. The largest absolute Gasteiger partial charge is 0.388 e. The van der Waals surface area contributed by atoms with Crippen molar-refractivity contribution in [3.8, 4) is 0 Å². The van der Waals surface area contributed by atoms with Crippen LogP contribution in [0.1, 0.15) is 33.9 Å². The van der Waals surface area contributed by atoms with Crippen molar-refractivity contribution in [2.24, 2.45) is 0 Å². The summed E-state index contributed by atoms with van der Waals surface area (Å²) in [5, 5.41) is 3.17. The number of aromatic nitrogens is 2. The minimum absolute atomic E-state index is 0.290. The Hall–Kier alpha value is -2.55. The zero-order valence-corrected chi connectivity index (χ0v) is 13.9. The van der Waals surface area contributed by atoms with Crippen molar-refractivity contribution in [3.63, 3.8) is 0 Å². The second-order valence-electron chi connectivity index (χ2n) is 6.00. The third-order valence-corrected chi connectivity index (χ3v) is 4.60. The highest BCUT2D eigenvalue weighted by atomic mass is 14.9. The number of nitrogens with zero attached hydrogens (tertiary/aromatic N) is 1. The van der Waals surface area contributed by atoms with Gasteiger partial charge in [0.2, 0.25) is 0 Å². The van der Waals surface area contributed by atoms with E-state index in [0.717, 1.165) is 17.8 Å². The smallest absolute Gasteiger partial charge is 0.0921 e. The molecule has 2 N–H and O–H groups in total. The Morgan fingerprint density at radius 2 is 1.87 bits per heavy atom. The lowest BCUT2D eigenvalue weighted by Gasteiger charge is -2.20. The van der Waals surface area contributed by atoms with E-state index in [9.17, 15) is 0 Å². The quantitative estimate of drug-likeness (QED) is 0.731. The minimum atomic E-state index is 0.290. The molecule has 118 valence electrons. The van der Waals surface area contributed by atoms with Gasteiger partial charge in [0.1, 0.15) is 0 Å². The molecule has 3 aromatic rings. The van der Waals surface area contributed by atoms with Gasteiger partial charge in [0, 0.05) is 30.5 Å². The molecule has 1 unspecified atom stereocenters. The molecule has 0 saturated heterocycles. The summed E-state index contributed by atoms with van der Waals surface area (Å²) < 4.78 is 0. The summed E-state index contributed by atoms with van der Waals surface area (Å²) in [7, 11) is 1.94. The summed E-state index contributed by atoms with van der Waals surface area (Å²) in [6, 6.07) is 15.2. The van der Waals surface area contributed by atoms with E-state index in [1.807, 2.05) is 13.2 Å². The fourth-order valence-corrected chi connectivity index (χ4v) is 3.04. The normalized spacial score (nSPS) is 12.1. The number of hydrogen-bond donors (Lipinski definition) is 2. The highest BCUT2D eigenvalue weighted by Gasteiger charge is 2.19. The molecule has 0 saturated carbocycles. The number of benzene rings is 2. The molecule has 0 aliphatic heterocycles. The number of aromatic amines is 1. The van der Waals surface area contributed by atoms with Crippen molar-refractivity contribution in [1.29, 1.82) is 0 Å². The molecule has 3 heteroatoms. The Morgan fingerprint density at radius 3 is 2.52 bits per heavy atom. The Balaban J connectivity index is 1.97. The maximum absolute atomic E-state index is 4.22. The van der Waals surface area contributed by atoms with Gasteiger partial charge < -0.3 is 10.3 Å². The molecule has 1 heterocycles. The summed E-state index contributed by atoms with van der Waals surface area (Å²) in [5.74, 6) is 0.290. The molecule has 0 radical (unpaired) electrons. The fourth-order valence-electron chi connectivity index (χ4n) is 3.04. The van der Waals surface area contributed by atoms with Crippen molar-refractivity contribution in [3.05, 3.63) is 82.9 Å². The van der Waals surface area contributed by atoms with Gasteiger partial charge in [-0.25, -0.2) is 4.98 Å². The van der Waals surface area contributed by atoms with E-state index in [0.29, 0.717) is 0 Å². The van der Waals surface area contributed by atoms with E-state index in [2.05, 4.69) is 71.6 Å². The van der Waals surface area contributed by atoms with Crippen LogP contribution in [0.2, 0.25) is 0 Å². The van der Waals surface area contributed by atoms with Crippen molar-refractivity contribution in [1.82, 2.24) is 9.97 Å². The lowest BCUT2D eigenvalue weighted by molar-refractivity contribution is 0.773. The Labute approximate surface area is 137 Å². The maximum atomic E-state index is 4.22. The monoisotopic (exact) mass is 305 g/mol. The SMILES string of the molecule is CNc1ccc(CC(c2cnc[nH]2)c2cccc(C)c2C)cc1. The number of aryl methyl sites for hydroxylation is 1. The minimum Gasteiger partial charge on any atom is -0.388 e. The van der Waals surface area contributed by atoms with Crippen LogP contribution in [-0.2, 0) is 6.42 Å². The number of anilines is 1. The van der Waals surface area contributed by atoms with E-state index in [1.165, 1.54) is 22.3 Å². The van der Waals surface area contributed by atoms with Gasteiger partial charge in [0.15, 0.2) is 0 Å². The molecule has 2 aromatic carbocycles. The molecule has 1 atom stereocenters. The predicted molar refractivity (Wildman–Crippen MR) is 96.0 cm³/mol. The zero-order chi connectivity index (χ0) is 16.2. The molecule has 3 nitrogen and oxygen atoms in total. The molecule has 23 heavy (non-hydrogen) atoms. The molecule has 0 aliphatic rings. The van der Waals surface area contributed by atoms with E-state index < -0.39 is 0 Å². The van der Waals surface area contributed by atoms with Crippen LogP contribution < -0.4 is 5.32 Å². The van der Waals surface area contributed by atoms with Crippen LogP contribution in [0.25, 0.3) is 0 Å². The average Bonchev–Trinajstić information content (AvgIpc) is 3.10. The predicted octanol–water partition coefficient (Wildman–Crippen LogP) is 4.44. The molecule has 0 amide bonds. The number of imidazole rings is 1. The maximum Gasteiger partial charge on any atom is 0.0921 e. The van der Waals surface area contributed by atoms with Gasteiger partial charge >= 0.3 is 0 Å². The highest BCUT2D eigenvalue weighted by molar-refractivity contribution is 5.45. The van der Waals surface area contributed by atoms with Crippen LogP contribution in [0.3, 0.4) is 0 Å². The Bertz CT molecular complexity index is 758. The van der Waals surface area contributed by atoms with E-state index in [-0.39, 0.29) is 5.92 Å². The first-order valence-corrected chi connectivity index (χ1v) is 8.00. The zero-order valence-electron chi connectivity index (χ0n) is 13.9. The van der Waals surface area contributed by atoms with Crippen molar-refractivity contribution in [2.45, 2.75) is 26.2 Å². The van der Waals surface area contributed by atoms with Gasteiger partial charge in [0.25, 0.3) is 0 Å². The van der Waals surface area contributed by atoms with Crippen LogP contribution >= 0.6 is 0 Å². The number of H-pyrrole nitrogens is 1. The second kappa shape index (κ2) is 6.69. The third-order valence-electron chi connectivity index (χ3n) is 4.60. The first-order valence-electron chi connectivity index (χ1n) is 8.00. The van der Waals surface area contributed by atoms with Crippen LogP contribution in [0.5, 0.6) is 0 Å². The third kappa shape index (κ3) is 3.29. The molecule has 0 spiro atoms. The average molecular weight is 305 g/mol. The van der Waals surface area contributed by atoms with Gasteiger partial charge in [-0.3, -0.25) is 0 Å². The number of rotatable bonds is 5. The van der Waals surface area contributed by atoms with E-state index in [1.54, 1.807) is 6.33 Å². The second-order valence-corrected chi connectivity index (χ2v) is 6.00. The van der Waals surface area contributed by atoms with Crippen molar-refractivity contribution >= 4 is 5.69 Å². The standard InChI is InChI=1S/C20H23N3/c1-14-5-4-6-18(15(14)2)19(20-12-22-13-23-20)11-16-7-9-17(21-3)10-8-16/h4-10,12-13,19,21H,11H2,1-3H3,(H,22,23). The fraction of sp³-hybridized carbons (Fsp3) is 0.250. The molecule has 0 fully saturated rings. The summed E-state index contributed by atoms with van der Waals surface area (Å²) in [5.41, 5.74) is 7.68. The molecule has 0 bridgehead atoms. The van der Waals surface area contributed by atoms with Gasteiger partial charge in [-0.1, -0.05) is 30.3 Å². The van der Waals surface area contributed by atoms with Gasteiger partial charge in [-0.05, 0) is 54.7 Å². The first kappa shape index (κ1) is 15.3. The van der Waals surface area contributed by atoms with Crippen molar-refractivity contribution < 1.29 is 0 Å². The van der Waals surface area contributed by atoms with E-state index in [4.69, 9.17) is 0 Å². The van der Waals surface area contributed by atoms with E-state index >= 15 is 0 Å². The van der Waals surface area contributed by atoms with Gasteiger partial charge in [-0.2, -0.15) is 0 Å². The Morgan fingerprint density at radius 1 is 1.09 bits per heavy atom. The topological polar surface area (TPSA) is 40.7 Å². The molecular weight excluding hydrogens is 282 g/mol. The van der Waals surface area contributed by atoms with Crippen LogP contribution in [0.4, 0.5) is 5.69 Å². The van der Waals surface area contributed by atoms with Crippen LogP contribution in [0, 0.1) is 13.8 Å². The summed E-state index contributed by atoms with van der Waals surface area (Å²) in [6.07, 6.45) is 4.66. The van der Waals surface area contributed by atoms with Crippen molar-refractivity contribution in [2.75, 3.05) is 12.4 Å². The van der Waals surface area contributed by atoms with Crippen LogP contribution in [-0.4, -0.2) is 17.0 Å². The summed E-state index contributed by atoms with van der Waals surface area (Å²) >= 11 is 0. The molecule has 3 rings (SSSR count). The Kier molecular flexibility index (Phi) is 4.47. The summed E-state index contributed by atoms with van der Waals surface area (Å²) in [6.45, 7) is 4.38. The van der Waals surface area contributed by atoms with Crippen LogP contribution in [0.15, 0.2) is 55.0 Å². The lowest BCUT2D eigenvalue weighted by Crippen LogP contribution is -2.08. The molecule has 0 aliphatic carbocycles. The molecule has 1 aromatic heterocycles. The number of nitrogens with one attached hydrogen (secondary N) is 2. The lowest BCUT2D eigenvalue weighted by atomic mass is 9.85. The number of hydrogen-bond acceptors (Lipinski definition) is 2. The summed E-state index contributed by atoms with van der Waals surface area (Å²) in [4.78, 5) is 7.53. The van der Waals surface area contributed by atoms with Gasteiger partial charge in [0.05, 0.1) is 6.33 Å². The van der Waals surface area contributed by atoms with Gasteiger partial charge in [-0.15, -0.1) is 0 Å². The molecular formula is C20H23N3.